The molecule has 1 aromatic carbocycles. The maximum atomic E-state index is 14.3. The van der Waals surface area contributed by atoms with Crippen LogP contribution < -0.4 is 21.8 Å². The number of nitrogens with zero attached hydrogens (tertiary/aromatic N) is 3. The Morgan fingerprint density at radius 1 is 1.16 bits per heavy atom. The number of hydrazine groups is 1. The summed E-state index contributed by atoms with van der Waals surface area (Å²) in [6, 6.07) is 5.50. The molecular weight excluding hydrogens is 709 g/mol. The Hall–Kier alpha value is -3.26. The predicted molar refractivity (Wildman–Crippen MR) is 222 cm³/mol. The lowest BCUT2D eigenvalue weighted by Crippen LogP contribution is -2.56. The number of hydrogen-bond donors (Lipinski definition) is 5. The number of allylic oxidation sites excluding steroid dienone is 1. The minimum Gasteiger partial charge on any atom is -0.391 e. The summed E-state index contributed by atoms with van der Waals surface area (Å²) in [5.41, 5.74) is 6.76. The van der Waals surface area contributed by atoms with Crippen molar-refractivity contribution < 1.29 is 19.5 Å². The molecule has 1 aliphatic carbocycles. The molecule has 1 radical (unpaired) electrons. The van der Waals surface area contributed by atoms with Crippen molar-refractivity contribution in [3.63, 3.8) is 0 Å². The zero-order valence-corrected chi connectivity index (χ0v) is 35.1. The molecule has 2 aliphatic heterocycles. The van der Waals surface area contributed by atoms with Crippen molar-refractivity contribution in [3.8, 4) is 10.4 Å². The fourth-order valence-corrected chi connectivity index (χ4v) is 9.88. The molecule has 11 nitrogen and oxygen atoms in total. The second-order valence-electron chi connectivity index (χ2n) is 17.7. The van der Waals surface area contributed by atoms with E-state index in [0.29, 0.717) is 19.0 Å². The number of amides is 3. The quantitative estimate of drug-likeness (QED) is 0.147. The molecule has 2 fully saturated rings. The van der Waals surface area contributed by atoms with Crippen molar-refractivity contribution >= 4 is 36.3 Å². The first-order valence-electron chi connectivity index (χ1n) is 20.4. The summed E-state index contributed by atoms with van der Waals surface area (Å²) in [6.07, 6.45) is 11.3. The largest absolute Gasteiger partial charge is 0.391 e. The van der Waals surface area contributed by atoms with Crippen LogP contribution in [0.4, 0.5) is 0 Å². The number of fused-ring (bicyclic) bond motifs is 2. The Balaban J connectivity index is 1.37. The third kappa shape index (κ3) is 11.2. The van der Waals surface area contributed by atoms with Crippen molar-refractivity contribution in [1.29, 1.82) is 0 Å². The summed E-state index contributed by atoms with van der Waals surface area (Å²) in [6.45, 7) is 15.2. The van der Waals surface area contributed by atoms with Crippen molar-refractivity contribution in [2.45, 2.75) is 150 Å². The van der Waals surface area contributed by atoms with E-state index >= 15 is 0 Å². The van der Waals surface area contributed by atoms with E-state index in [1.54, 1.807) is 21.2 Å². The molecule has 1 aromatic heterocycles. The minimum absolute atomic E-state index is 0.0907. The average Bonchev–Trinajstić information content (AvgIpc) is 3.74. The normalized spacial score (nSPS) is 28.1. The van der Waals surface area contributed by atoms with Crippen LogP contribution in [0.3, 0.4) is 0 Å². The monoisotopic (exact) mass is 774 g/mol. The van der Waals surface area contributed by atoms with Crippen molar-refractivity contribution in [1.82, 2.24) is 30.8 Å². The summed E-state index contributed by atoms with van der Waals surface area (Å²) >= 11 is 1.64. The summed E-state index contributed by atoms with van der Waals surface area (Å²) in [5.74, 6) is 6.57. The Bertz CT molecular complexity index is 1670. The number of nitrogens with two attached hydrogens (primary N) is 1. The fourth-order valence-electron chi connectivity index (χ4n) is 9.08. The molecule has 3 amide bonds. The highest BCUT2D eigenvalue weighted by atomic mass is 32.1. The number of aryl methyl sites for hydroxylation is 2. The van der Waals surface area contributed by atoms with Gasteiger partial charge in [-0.05, 0) is 105 Å². The lowest BCUT2D eigenvalue weighted by atomic mass is 9.54. The minimum atomic E-state index is -0.744. The lowest BCUT2D eigenvalue weighted by molar-refractivity contribution is -0.142. The Kier molecular flexibility index (Phi) is 14.7. The molecular formula is C42H65BN7O4S. The smallest absolute Gasteiger partial charge is 0.243 e. The van der Waals surface area contributed by atoms with E-state index in [9.17, 15) is 19.5 Å². The number of carbonyl (C=O) groups is 3. The van der Waals surface area contributed by atoms with Gasteiger partial charge in [0.15, 0.2) is 0 Å². The van der Waals surface area contributed by atoms with Gasteiger partial charge in [-0.1, -0.05) is 58.9 Å². The molecule has 6 N–H and O–H groups in total. The first-order valence-corrected chi connectivity index (χ1v) is 21.3. The van der Waals surface area contributed by atoms with Gasteiger partial charge in [-0.2, -0.15) is 0 Å². The van der Waals surface area contributed by atoms with Gasteiger partial charge in [0, 0.05) is 44.4 Å². The van der Waals surface area contributed by atoms with E-state index in [1.165, 1.54) is 12.5 Å². The second kappa shape index (κ2) is 18.8. The van der Waals surface area contributed by atoms with E-state index in [2.05, 4.69) is 74.1 Å². The maximum Gasteiger partial charge on any atom is 0.243 e. The third-order valence-corrected chi connectivity index (χ3v) is 13.2. The van der Waals surface area contributed by atoms with Gasteiger partial charge >= 0.3 is 0 Å². The highest BCUT2D eigenvalue weighted by Crippen LogP contribution is 2.45. The fraction of sp³-hybridized carbons (Fsp3) is 0.667. The first kappa shape index (κ1) is 42.9. The number of aromatic nitrogens is 1. The van der Waals surface area contributed by atoms with E-state index in [1.807, 2.05) is 25.6 Å². The molecule has 1 saturated heterocycles. The number of aliphatic hydroxyl groups is 1. The van der Waals surface area contributed by atoms with Gasteiger partial charge in [0.1, 0.15) is 13.3 Å². The van der Waals surface area contributed by atoms with Crippen molar-refractivity contribution in [3.05, 3.63) is 52.4 Å². The molecule has 4 atom stereocenters. The van der Waals surface area contributed by atoms with Crippen molar-refractivity contribution in [2.24, 2.45) is 22.6 Å². The van der Waals surface area contributed by atoms with Crippen LogP contribution in [0.25, 0.3) is 10.4 Å². The lowest BCUT2D eigenvalue weighted by Gasteiger charge is -2.44. The molecule has 1 unspecified atom stereocenters. The van der Waals surface area contributed by atoms with E-state index in [0.717, 1.165) is 91.4 Å². The number of benzene rings is 1. The topological polar surface area (TPSA) is 153 Å². The maximum absolute atomic E-state index is 14.3. The van der Waals surface area contributed by atoms with E-state index in [-0.39, 0.29) is 42.1 Å². The molecule has 13 heteroatoms. The van der Waals surface area contributed by atoms with Crippen LogP contribution in [0, 0.1) is 23.7 Å². The number of rotatable bonds is 5. The molecule has 0 bridgehead atoms. The molecule has 3 aliphatic rings. The van der Waals surface area contributed by atoms with Crippen LogP contribution in [0.5, 0.6) is 0 Å². The van der Waals surface area contributed by atoms with E-state index in [4.69, 9.17) is 5.84 Å². The molecule has 5 rings (SSSR count). The van der Waals surface area contributed by atoms with Crippen LogP contribution in [0.2, 0.25) is 12.6 Å². The summed E-state index contributed by atoms with van der Waals surface area (Å²) < 4.78 is 0. The SMILES string of the molecule is CC(=O)N/C(C)=C/N(N)C1CCC(C2(C)C[B]CCCc3cc(-c4scnc4C)ccc3CNC(=O)[C@@H]3C[C@@H](O)CN3C(=O)[C@H](C(C)(C)C)NCCC2)CC1. The zero-order chi connectivity index (χ0) is 39.9. The van der Waals surface area contributed by atoms with Gasteiger partial charge in [0.25, 0.3) is 0 Å². The number of carbonyl (C=O) groups excluding carboxylic acids is 3. The predicted octanol–water partition coefficient (Wildman–Crippen LogP) is 5.71. The van der Waals surface area contributed by atoms with Crippen LogP contribution in [-0.4, -0.2) is 82.3 Å². The molecule has 3 heterocycles. The van der Waals surface area contributed by atoms with Crippen LogP contribution in [0.1, 0.15) is 110 Å². The van der Waals surface area contributed by atoms with Crippen LogP contribution in [-0.2, 0) is 27.3 Å². The Labute approximate surface area is 333 Å². The molecule has 2 aromatic rings. The molecule has 55 heavy (non-hydrogen) atoms. The van der Waals surface area contributed by atoms with Gasteiger partial charge in [0.05, 0.1) is 28.2 Å². The zero-order valence-electron chi connectivity index (χ0n) is 34.2. The van der Waals surface area contributed by atoms with Gasteiger partial charge in [0.2, 0.25) is 17.7 Å². The van der Waals surface area contributed by atoms with Gasteiger partial charge in [-0.3, -0.25) is 14.4 Å². The molecule has 1 saturated carbocycles. The number of thiazole rings is 1. The number of nitrogens with one attached hydrogen (secondary N) is 3. The summed E-state index contributed by atoms with van der Waals surface area (Å²) in [5, 5.41) is 22.1. The van der Waals surface area contributed by atoms with Gasteiger partial charge in [-0.25, -0.2) is 10.8 Å². The number of hydrogen-bond acceptors (Lipinski definition) is 9. The first-order chi connectivity index (χ1) is 26.1. The third-order valence-electron chi connectivity index (χ3n) is 12.2. The van der Waals surface area contributed by atoms with Gasteiger partial charge in [-0.15, -0.1) is 11.3 Å². The van der Waals surface area contributed by atoms with Gasteiger partial charge < -0.3 is 31.0 Å². The van der Waals surface area contributed by atoms with Crippen molar-refractivity contribution in [2.75, 3.05) is 13.1 Å². The molecule has 301 valence electrons. The van der Waals surface area contributed by atoms with Crippen LogP contribution in [0.15, 0.2) is 35.6 Å². The number of aliphatic hydroxyl groups excluding tert-OH is 1. The highest BCUT2D eigenvalue weighted by Gasteiger charge is 2.44. The second-order valence-corrected chi connectivity index (χ2v) is 18.6. The average molecular weight is 775 g/mol. The Morgan fingerprint density at radius 3 is 2.58 bits per heavy atom. The Morgan fingerprint density at radius 2 is 1.91 bits per heavy atom. The molecule has 0 spiro atoms. The van der Waals surface area contributed by atoms with Crippen LogP contribution >= 0.6 is 11.3 Å². The standard InChI is InChI=1S/C42H65BN7O4S/c1-27(48-29(3)51)23-50(44)34-15-13-33(14-16-34)42(7)17-9-19-45-38(41(4,5)6)40(54)49-24-35(52)21-36(49)39(53)46-22-32-12-11-31(37-28(2)47-26-55-37)20-30(32)10-8-18-43-25-42/h11-12,20,23,26,33-36,38,45,52H,8-10,13-19,21-22,24-25,44H2,1-7H3,(H,46,53)(H,48,51)/b27-23+/t33?,34?,35-,36+,38-,42?/m1/s1. The summed E-state index contributed by atoms with van der Waals surface area (Å²) in [7, 11) is 2.50. The summed E-state index contributed by atoms with van der Waals surface area (Å²) in [4.78, 5) is 46.8. The highest BCUT2D eigenvalue weighted by molar-refractivity contribution is 7.13. The van der Waals surface area contributed by atoms with E-state index < -0.39 is 23.6 Å².